The van der Waals surface area contributed by atoms with E-state index in [-0.39, 0.29) is 11.5 Å². The smallest absolute Gasteiger partial charge is 0.258 e. The summed E-state index contributed by atoms with van der Waals surface area (Å²) in [5, 5.41) is 8.25. The van der Waals surface area contributed by atoms with E-state index in [4.69, 9.17) is 0 Å². The number of rotatable bonds is 2. The fourth-order valence-corrected chi connectivity index (χ4v) is 1.08. The van der Waals surface area contributed by atoms with Crippen LogP contribution >= 0.6 is 0 Å². The summed E-state index contributed by atoms with van der Waals surface area (Å²) in [6.07, 6.45) is 1.21. The molecule has 0 saturated heterocycles. The Kier molecular flexibility index (Phi) is 2.59. The molecule has 16 heavy (non-hydrogen) atoms. The van der Waals surface area contributed by atoms with Gasteiger partial charge in [0.15, 0.2) is 11.6 Å². The molecule has 2 N–H and O–H groups in total. The first kappa shape index (κ1) is 10.2. The van der Waals surface area contributed by atoms with E-state index >= 15 is 0 Å². The van der Waals surface area contributed by atoms with Crippen LogP contribution in [0.2, 0.25) is 0 Å². The minimum atomic E-state index is -1.08. The maximum atomic E-state index is 12.8. The second-order valence-corrected chi connectivity index (χ2v) is 2.92. The number of amides is 1. The lowest BCUT2D eigenvalue weighted by molar-refractivity contribution is 0.102. The van der Waals surface area contributed by atoms with E-state index < -0.39 is 17.5 Å². The second-order valence-electron chi connectivity index (χ2n) is 2.92. The molecule has 7 heteroatoms. The van der Waals surface area contributed by atoms with E-state index in [1.807, 2.05) is 0 Å². The number of anilines is 1. The van der Waals surface area contributed by atoms with Crippen molar-refractivity contribution >= 4 is 11.9 Å². The molecule has 0 radical (unpaired) electrons. The molecular formula is C9H6F2N4O. The molecule has 0 spiro atoms. The summed E-state index contributed by atoms with van der Waals surface area (Å²) >= 11 is 0. The van der Waals surface area contributed by atoms with Gasteiger partial charge in [0.1, 0.15) is 6.33 Å². The van der Waals surface area contributed by atoms with Crippen molar-refractivity contribution in [3.05, 3.63) is 41.7 Å². The van der Waals surface area contributed by atoms with Gasteiger partial charge in [-0.3, -0.25) is 10.1 Å². The quantitative estimate of drug-likeness (QED) is 0.808. The predicted molar refractivity (Wildman–Crippen MR) is 50.7 cm³/mol. The van der Waals surface area contributed by atoms with E-state index in [1.165, 1.54) is 12.4 Å². The van der Waals surface area contributed by atoms with Crippen LogP contribution in [0, 0.1) is 11.6 Å². The maximum Gasteiger partial charge on any atom is 0.258 e. The van der Waals surface area contributed by atoms with Crippen molar-refractivity contribution in [1.29, 1.82) is 0 Å². The molecule has 0 aliphatic carbocycles. The number of hydrogen-bond donors (Lipinski definition) is 2. The van der Waals surface area contributed by atoms with Gasteiger partial charge < -0.3 is 0 Å². The van der Waals surface area contributed by atoms with E-state index in [2.05, 4.69) is 20.5 Å². The van der Waals surface area contributed by atoms with Crippen molar-refractivity contribution in [2.24, 2.45) is 0 Å². The van der Waals surface area contributed by atoms with Crippen molar-refractivity contribution in [3.63, 3.8) is 0 Å². The zero-order valence-electron chi connectivity index (χ0n) is 7.87. The third-order valence-corrected chi connectivity index (χ3v) is 1.83. The molecule has 0 atom stereocenters. The third kappa shape index (κ3) is 2.02. The number of nitrogens with one attached hydrogen (secondary N) is 2. The highest BCUT2D eigenvalue weighted by molar-refractivity contribution is 6.03. The van der Waals surface area contributed by atoms with Gasteiger partial charge in [0.25, 0.3) is 5.91 Å². The average molecular weight is 224 g/mol. The number of hydrogen-bond acceptors (Lipinski definition) is 3. The minimum Gasteiger partial charge on any atom is -0.291 e. The van der Waals surface area contributed by atoms with E-state index in [1.54, 1.807) is 0 Å². The first-order valence-corrected chi connectivity index (χ1v) is 4.28. The van der Waals surface area contributed by atoms with Crippen LogP contribution in [0.5, 0.6) is 0 Å². The number of aromatic nitrogens is 3. The number of nitrogens with zero attached hydrogens (tertiary/aromatic N) is 2. The highest BCUT2D eigenvalue weighted by Gasteiger charge is 2.10. The SMILES string of the molecule is O=C(Nc1ncn[nH]1)c1ccc(F)c(F)c1. The van der Waals surface area contributed by atoms with Crippen LogP contribution in [0.3, 0.4) is 0 Å². The van der Waals surface area contributed by atoms with Crippen LogP contribution in [0.1, 0.15) is 10.4 Å². The van der Waals surface area contributed by atoms with Crippen LogP contribution in [0.15, 0.2) is 24.5 Å². The summed E-state index contributed by atoms with van der Waals surface area (Å²) in [5.41, 5.74) is -0.00435. The van der Waals surface area contributed by atoms with Crippen LogP contribution in [0.4, 0.5) is 14.7 Å². The predicted octanol–water partition coefficient (Wildman–Crippen LogP) is 1.34. The normalized spacial score (nSPS) is 10.1. The van der Waals surface area contributed by atoms with Gasteiger partial charge in [-0.2, -0.15) is 10.1 Å². The standard InChI is InChI=1S/C9H6F2N4O/c10-6-2-1-5(3-7(6)11)8(16)14-9-12-4-13-15-9/h1-4H,(H2,12,13,14,15,16). The molecule has 1 aromatic carbocycles. The maximum absolute atomic E-state index is 12.8. The van der Waals surface area contributed by atoms with Crippen LogP contribution in [-0.4, -0.2) is 21.1 Å². The highest BCUT2D eigenvalue weighted by atomic mass is 19.2. The van der Waals surface area contributed by atoms with E-state index in [9.17, 15) is 13.6 Å². The molecule has 0 unspecified atom stereocenters. The molecule has 1 heterocycles. The molecule has 82 valence electrons. The minimum absolute atomic E-state index is 0.00435. The molecule has 2 aromatic rings. The number of carbonyl (C=O) groups excluding carboxylic acids is 1. The summed E-state index contributed by atoms with van der Waals surface area (Å²) in [4.78, 5) is 15.1. The first-order chi connectivity index (χ1) is 7.66. The fraction of sp³-hybridized carbons (Fsp3) is 0. The van der Waals surface area contributed by atoms with Crippen LogP contribution in [-0.2, 0) is 0 Å². The molecule has 1 amide bonds. The molecule has 0 saturated carbocycles. The van der Waals surface area contributed by atoms with Crippen molar-refractivity contribution in [3.8, 4) is 0 Å². The zero-order valence-corrected chi connectivity index (χ0v) is 7.87. The second kappa shape index (κ2) is 4.05. The first-order valence-electron chi connectivity index (χ1n) is 4.28. The van der Waals surface area contributed by atoms with E-state index in [0.29, 0.717) is 0 Å². The summed E-state index contributed by atoms with van der Waals surface area (Å²) in [6.45, 7) is 0. The Morgan fingerprint density at radius 2 is 2.12 bits per heavy atom. The van der Waals surface area contributed by atoms with Gasteiger partial charge in [-0.1, -0.05) is 0 Å². The van der Waals surface area contributed by atoms with E-state index in [0.717, 1.165) is 12.1 Å². The molecule has 2 rings (SSSR count). The monoisotopic (exact) mass is 224 g/mol. The lowest BCUT2D eigenvalue weighted by Gasteiger charge is -2.01. The Bertz CT molecular complexity index is 512. The van der Waals surface area contributed by atoms with Gasteiger partial charge in [0, 0.05) is 5.56 Å². The Morgan fingerprint density at radius 1 is 1.31 bits per heavy atom. The summed E-state index contributed by atoms with van der Waals surface area (Å²) in [6, 6.07) is 2.86. The lowest BCUT2D eigenvalue weighted by atomic mass is 10.2. The third-order valence-electron chi connectivity index (χ3n) is 1.83. The topological polar surface area (TPSA) is 70.7 Å². The van der Waals surface area contributed by atoms with Crippen LogP contribution < -0.4 is 5.32 Å². The Labute approximate surface area is 88.5 Å². The summed E-state index contributed by atoms with van der Waals surface area (Å²) in [7, 11) is 0. The van der Waals surface area contributed by atoms with Crippen LogP contribution in [0.25, 0.3) is 0 Å². The Balaban J connectivity index is 2.18. The number of H-pyrrole nitrogens is 1. The lowest BCUT2D eigenvalue weighted by Crippen LogP contribution is -2.13. The molecule has 0 fully saturated rings. The number of halogens is 2. The highest BCUT2D eigenvalue weighted by Crippen LogP contribution is 2.09. The number of aromatic amines is 1. The summed E-state index contributed by atoms with van der Waals surface area (Å²) < 4.78 is 25.4. The molecule has 0 aliphatic heterocycles. The fourth-order valence-electron chi connectivity index (χ4n) is 1.08. The van der Waals surface area contributed by atoms with Crippen molar-refractivity contribution in [2.45, 2.75) is 0 Å². The van der Waals surface area contributed by atoms with Gasteiger partial charge in [-0.25, -0.2) is 13.9 Å². The largest absolute Gasteiger partial charge is 0.291 e. The Morgan fingerprint density at radius 3 is 2.75 bits per heavy atom. The Hall–Kier alpha value is -2.31. The molecular weight excluding hydrogens is 218 g/mol. The van der Waals surface area contributed by atoms with Gasteiger partial charge in [-0.15, -0.1) is 0 Å². The van der Waals surface area contributed by atoms with Crippen molar-refractivity contribution in [1.82, 2.24) is 15.2 Å². The summed E-state index contributed by atoms with van der Waals surface area (Å²) in [5.74, 6) is -2.55. The number of carbonyl (C=O) groups is 1. The average Bonchev–Trinajstić information content (AvgIpc) is 2.74. The van der Waals surface area contributed by atoms with Gasteiger partial charge in [0.2, 0.25) is 5.95 Å². The zero-order chi connectivity index (χ0) is 11.5. The van der Waals surface area contributed by atoms with Crippen molar-refractivity contribution in [2.75, 3.05) is 5.32 Å². The molecule has 1 aromatic heterocycles. The van der Waals surface area contributed by atoms with Gasteiger partial charge >= 0.3 is 0 Å². The molecule has 0 aliphatic rings. The van der Waals surface area contributed by atoms with Crippen molar-refractivity contribution < 1.29 is 13.6 Å². The van der Waals surface area contributed by atoms with Gasteiger partial charge in [-0.05, 0) is 18.2 Å². The molecule has 0 bridgehead atoms. The number of benzene rings is 1. The molecule has 5 nitrogen and oxygen atoms in total. The van der Waals surface area contributed by atoms with Gasteiger partial charge in [0.05, 0.1) is 0 Å².